The summed E-state index contributed by atoms with van der Waals surface area (Å²) in [6.45, 7) is 12.2. The Bertz CT molecular complexity index is 1470. The van der Waals surface area contributed by atoms with Gasteiger partial charge in [0.25, 0.3) is 0 Å². The summed E-state index contributed by atoms with van der Waals surface area (Å²) < 4.78 is 16.4. The molecule has 1 saturated heterocycles. The number of unbranched alkanes of at least 4 members (excludes halogenated alkanes) is 5. The molecule has 4 aromatic carbocycles. The van der Waals surface area contributed by atoms with Crippen LogP contribution in [0.2, 0.25) is 0 Å². The molecule has 0 aliphatic carbocycles. The Kier molecular flexibility index (Phi) is 23.5. The summed E-state index contributed by atoms with van der Waals surface area (Å²) in [6, 6.07) is 26.7. The van der Waals surface area contributed by atoms with E-state index in [-0.39, 0.29) is 62.2 Å². The van der Waals surface area contributed by atoms with E-state index in [1.165, 1.54) is 37.7 Å². The minimum Gasteiger partial charge on any atom is -0.574 e. The van der Waals surface area contributed by atoms with Crippen molar-refractivity contribution in [2.75, 3.05) is 13.7 Å². The van der Waals surface area contributed by atoms with Crippen LogP contribution in [0.25, 0.3) is 10.8 Å². The van der Waals surface area contributed by atoms with Crippen LogP contribution in [0.3, 0.4) is 0 Å². The van der Waals surface area contributed by atoms with Crippen LogP contribution >= 0.6 is 22.6 Å². The Balaban J connectivity index is 0.000000839. The zero-order chi connectivity index (χ0) is 31.6. The molecule has 4 aromatic rings. The molecular formula is C39H43IO4U2. The molecule has 1 unspecified atom stereocenters. The summed E-state index contributed by atoms with van der Waals surface area (Å²) in [7, 11) is 1.57. The first-order chi connectivity index (χ1) is 21.5. The molecule has 1 aliphatic rings. The second kappa shape index (κ2) is 25.1. The zero-order valence-corrected chi connectivity index (χ0v) is 37.4. The van der Waals surface area contributed by atoms with Gasteiger partial charge < -0.3 is 33.2 Å². The molecule has 0 bridgehead atoms. The van der Waals surface area contributed by atoms with Gasteiger partial charge in [-0.25, -0.2) is 0 Å². The van der Waals surface area contributed by atoms with Gasteiger partial charge in [0.15, 0.2) is 0 Å². The molecule has 0 spiro atoms. The Morgan fingerprint density at radius 2 is 1.59 bits per heavy atom. The molecule has 0 aromatic heterocycles. The second-order valence-electron chi connectivity index (χ2n) is 10.3. The van der Waals surface area contributed by atoms with Gasteiger partial charge in [-0.05, 0) is 82.1 Å². The Morgan fingerprint density at radius 1 is 0.935 bits per heavy atom. The van der Waals surface area contributed by atoms with Crippen LogP contribution in [-0.4, -0.2) is 18.8 Å². The molecule has 7 heteroatoms. The Labute approximate surface area is 338 Å². The standard InChI is InChI=1S/C31H28IO3.C6H12.C2H3O.2U/c1-3-4-5-7-22-10-12-23(13-11-22)14-15-24-16-18-28-25(20-24)17-19-29(30(28)32)35-31(33)26-8-6-9-27(21-26)34-2;1-3-5-6-4-2;1-2-3-1;;/h6,8,10-13,16-21,31,33H,3-5,7H2,1-2H3;1-6H2;1H,2H2;;/q-1;-2;-1;2*+2. The largest absolute Gasteiger partial charge is 2.00 e. The number of halogens is 1. The molecule has 5 rings (SSSR count). The van der Waals surface area contributed by atoms with E-state index >= 15 is 0 Å². The normalized spacial score (nSPS) is 11.5. The first kappa shape index (κ1) is 43.1. The van der Waals surface area contributed by atoms with Crippen LogP contribution < -0.4 is 9.47 Å². The number of aliphatic hydroxyl groups excluding tert-OH is 1. The van der Waals surface area contributed by atoms with Crippen molar-refractivity contribution in [1.82, 2.24) is 0 Å². The smallest absolute Gasteiger partial charge is 0.574 e. The predicted molar refractivity (Wildman–Crippen MR) is 189 cm³/mol. The fourth-order valence-electron chi connectivity index (χ4n) is 4.19. The van der Waals surface area contributed by atoms with Gasteiger partial charge in [0, 0.05) is 16.9 Å². The molecule has 1 heterocycles. The maximum Gasteiger partial charge on any atom is 2.00 e. The van der Waals surface area contributed by atoms with E-state index in [1.54, 1.807) is 31.9 Å². The van der Waals surface area contributed by atoms with Crippen LogP contribution in [0, 0.1) is 104 Å². The van der Waals surface area contributed by atoms with Gasteiger partial charge in [-0.2, -0.15) is 31.6 Å². The van der Waals surface area contributed by atoms with Gasteiger partial charge in [0.2, 0.25) is 6.29 Å². The molecule has 1 aliphatic heterocycles. The summed E-state index contributed by atoms with van der Waals surface area (Å²) in [4.78, 5) is 0. The number of aryl methyl sites for hydroxylation is 1. The van der Waals surface area contributed by atoms with Crippen molar-refractivity contribution >= 4 is 33.4 Å². The van der Waals surface area contributed by atoms with Crippen molar-refractivity contribution in [2.24, 2.45) is 0 Å². The van der Waals surface area contributed by atoms with Crippen molar-refractivity contribution in [1.29, 1.82) is 0 Å². The molecule has 4 nitrogen and oxygen atoms in total. The second-order valence-corrected chi connectivity index (χ2v) is 11.4. The number of epoxide rings is 1. The van der Waals surface area contributed by atoms with E-state index in [1.807, 2.05) is 18.2 Å². The summed E-state index contributed by atoms with van der Waals surface area (Å²) in [5.41, 5.74) is 3.96. The Morgan fingerprint density at radius 3 is 2.20 bits per heavy atom. The van der Waals surface area contributed by atoms with Crippen LogP contribution in [0.5, 0.6) is 11.5 Å². The van der Waals surface area contributed by atoms with Gasteiger partial charge in [0.1, 0.15) is 5.75 Å². The number of fused-ring (bicyclic) bond motifs is 1. The molecular weight excluding hydrogens is 1140 g/mol. The van der Waals surface area contributed by atoms with Crippen molar-refractivity contribution in [2.45, 2.75) is 64.6 Å². The van der Waals surface area contributed by atoms with Crippen molar-refractivity contribution < 1.29 is 81.5 Å². The van der Waals surface area contributed by atoms with Gasteiger partial charge >= 0.3 is 62.2 Å². The van der Waals surface area contributed by atoms with Crippen molar-refractivity contribution in [3.05, 3.63) is 125 Å². The maximum atomic E-state index is 10.6. The van der Waals surface area contributed by atoms with Gasteiger partial charge in [0.05, 0.1) is 10.7 Å². The number of methoxy groups -OCH3 is 1. The fraction of sp³-hybridized carbons (Fsp3) is 0.308. The number of aliphatic hydroxyl groups is 1. The minimum atomic E-state index is -1.10. The number of hydrogen-bond acceptors (Lipinski definition) is 4. The third kappa shape index (κ3) is 16.0. The van der Waals surface area contributed by atoms with Crippen LogP contribution in [-0.2, 0) is 11.2 Å². The van der Waals surface area contributed by atoms with Crippen LogP contribution in [0.4, 0.5) is 0 Å². The molecule has 0 amide bonds. The van der Waals surface area contributed by atoms with E-state index in [9.17, 15) is 5.11 Å². The minimum absolute atomic E-state index is 0. The van der Waals surface area contributed by atoms with E-state index < -0.39 is 6.29 Å². The average molecular weight is 1180 g/mol. The van der Waals surface area contributed by atoms with Gasteiger partial charge in [-0.3, -0.25) is 0 Å². The van der Waals surface area contributed by atoms with Crippen LogP contribution in [0.15, 0.2) is 72.8 Å². The van der Waals surface area contributed by atoms with E-state index in [0.717, 1.165) is 51.3 Å². The maximum absolute atomic E-state index is 10.6. The third-order valence-electron chi connectivity index (χ3n) is 6.75. The third-order valence-corrected chi connectivity index (χ3v) is 7.86. The molecule has 0 radical (unpaired) electrons. The topological polar surface area (TPSA) is 51.2 Å². The number of hydrogen-bond donors (Lipinski definition) is 1. The monoisotopic (exact) mass is 1180 g/mol. The van der Waals surface area contributed by atoms with E-state index in [2.05, 4.69) is 102 Å². The van der Waals surface area contributed by atoms with E-state index in [4.69, 9.17) is 9.47 Å². The first-order valence-electron chi connectivity index (χ1n) is 15.2. The van der Waals surface area contributed by atoms with Crippen LogP contribution in [0.1, 0.15) is 80.4 Å². The van der Waals surface area contributed by atoms with Gasteiger partial charge in [-0.1, -0.05) is 80.9 Å². The molecule has 0 saturated carbocycles. The predicted octanol–water partition coefficient (Wildman–Crippen LogP) is 9.85. The fourth-order valence-corrected chi connectivity index (χ4v) is 4.99. The van der Waals surface area contributed by atoms with Crippen molar-refractivity contribution in [3.8, 4) is 23.3 Å². The summed E-state index contributed by atoms with van der Waals surface area (Å²) in [5.74, 6) is 7.73. The summed E-state index contributed by atoms with van der Waals surface area (Å²) in [6.07, 6.45) is 8.39. The molecule has 1 atom stereocenters. The molecule has 238 valence electrons. The average Bonchev–Trinajstić information content (AvgIpc) is 3.95. The molecule has 1 N–H and O–H groups in total. The Hall–Kier alpha value is -0.946. The number of ether oxygens (including phenoxy) is 3. The number of benzene rings is 4. The SMILES string of the molecule is CCCCCc1ccc(C#Cc2ccc3c(I)c(OC(O)c4cc[c-]c(OC)c4)ccc3c2)cc1.[CH-]1CO1.[CH2-]CCCC[CH2-].[U+2].[U+2]. The quantitative estimate of drug-likeness (QED) is 0.0406. The van der Waals surface area contributed by atoms with E-state index in [0.29, 0.717) is 17.1 Å². The molecule has 1 fully saturated rings. The van der Waals surface area contributed by atoms with Crippen molar-refractivity contribution in [3.63, 3.8) is 0 Å². The number of rotatable bonds is 11. The molecule has 46 heavy (non-hydrogen) atoms. The van der Waals surface area contributed by atoms with Gasteiger partial charge in [-0.15, -0.1) is 12.1 Å². The first-order valence-corrected chi connectivity index (χ1v) is 16.3. The zero-order valence-electron chi connectivity index (χ0n) is 26.9. The summed E-state index contributed by atoms with van der Waals surface area (Å²) >= 11 is 2.26. The summed E-state index contributed by atoms with van der Waals surface area (Å²) in [5, 5.41) is 12.7.